The summed E-state index contributed by atoms with van der Waals surface area (Å²) in [6.07, 6.45) is 8.86. The zero-order valence-electron chi connectivity index (χ0n) is 12.8. The predicted molar refractivity (Wildman–Crippen MR) is 80.8 cm³/mol. The molecule has 1 aromatic rings. The van der Waals surface area contributed by atoms with Gasteiger partial charge < -0.3 is 9.64 Å². The van der Waals surface area contributed by atoms with E-state index in [2.05, 4.69) is 11.1 Å². The Labute approximate surface area is 126 Å². The number of hydrogen-bond acceptors (Lipinski definition) is 3. The maximum atomic E-state index is 12.6. The molecule has 1 amide bonds. The van der Waals surface area contributed by atoms with Gasteiger partial charge in [0.25, 0.3) is 5.91 Å². The van der Waals surface area contributed by atoms with Gasteiger partial charge in [-0.25, -0.2) is 0 Å². The third-order valence-electron chi connectivity index (χ3n) is 4.82. The second kappa shape index (κ2) is 6.14. The van der Waals surface area contributed by atoms with Crippen molar-refractivity contribution in [3.05, 3.63) is 30.1 Å². The van der Waals surface area contributed by atoms with E-state index in [1.807, 2.05) is 30.3 Å². The molecule has 0 aliphatic carbocycles. The molecular weight excluding hydrogens is 264 g/mol. The van der Waals surface area contributed by atoms with Crippen LogP contribution in [0.2, 0.25) is 0 Å². The van der Waals surface area contributed by atoms with Crippen molar-refractivity contribution >= 4 is 5.91 Å². The number of pyridine rings is 1. The van der Waals surface area contributed by atoms with E-state index in [0.29, 0.717) is 5.92 Å². The number of hydrogen-bond donors (Lipinski definition) is 0. The van der Waals surface area contributed by atoms with Gasteiger partial charge in [-0.05, 0) is 56.6 Å². The largest absolute Gasteiger partial charge is 0.365 e. The second-order valence-electron chi connectivity index (χ2n) is 6.48. The van der Waals surface area contributed by atoms with Gasteiger partial charge in [0, 0.05) is 32.1 Å². The van der Waals surface area contributed by atoms with Crippen LogP contribution < -0.4 is 0 Å². The molecule has 1 unspecified atom stereocenters. The van der Waals surface area contributed by atoms with E-state index in [4.69, 9.17) is 4.74 Å². The number of aromatic nitrogens is 1. The van der Waals surface area contributed by atoms with E-state index in [-0.39, 0.29) is 5.91 Å². The SMILES string of the molecule is CC1(C(=O)N2CCC(Cc3cccnc3)CC2)CCCO1. The lowest BCUT2D eigenvalue weighted by atomic mass is 9.89. The van der Waals surface area contributed by atoms with Gasteiger partial charge in [0.05, 0.1) is 0 Å². The summed E-state index contributed by atoms with van der Waals surface area (Å²) in [7, 11) is 0. The van der Waals surface area contributed by atoms with Crippen molar-refractivity contribution in [3.8, 4) is 0 Å². The first-order valence-electron chi connectivity index (χ1n) is 8.00. The lowest BCUT2D eigenvalue weighted by Gasteiger charge is -2.36. The molecule has 21 heavy (non-hydrogen) atoms. The monoisotopic (exact) mass is 288 g/mol. The van der Waals surface area contributed by atoms with Crippen molar-refractivity contribution in [2.45, 2.75) is 44.6 Å². The number of amides is 1. The van der Waals surface area contributed by atoms with Crippen LogP contribution in [0.5, 0.6) is 0 Å². The molecule has 3 rings (SSSR count). The molecule has 2 saturated heterocycles. The average molecular weight is 288 g/mol. The minimum Gasteiger partial charge on any atom is -0.365 e. The minimum absolute atomic E-state index is 0.194. The van der Waals surface area contributed by atoms with Gasteiger partial charge in [-0.3, -0.25) is 9.78 Å². The van der Waals surface area contributed by atoms with Gasteiger partial charge in [0.1, 0.15) is 5.60 Å². The number of carbonyl (C=O) groups excluding carboxylic acids is 1. The van der Waals surface area contributed by atoms with Crippen LogP contribution >= 0.6 is 0 Å². The van der Waals surface area contributed by atoms with Gasteiger partial charge in [-0.2, -0.15) is 0 Å². The van der Waals surface area contributed by atoms with E-state index in [1.54, 1.807) is 0 Å². The minimum atomic E-state index is -0.559. The second-order valence-corrected chi connectivity index (χ2v) is 6.48. The highest BCUT2D eigenvalue weighted by molar-refractivity contribution is 5.85. The van der Waals surface area contributed by atoms with Crippen molar-refractivity contribution in [3.63, 3.8) is 0 Å². The van der Waals surface area contributed by atoms with Crippen LogP contribution in [0.3, 0.4) is 0 Å². The summed E-state index contributed by atoms with van der Waals surface area (Å²) in [4.78, 5) is 18.8. The van der Waals surface area contributed by atoms with Crippen molar-refractivity contribution < 1.29 is 9.53 Å². The van der Waals surface area contributed by atoms with Crippen molar-refractivity contribution in [2.24, 2.45) is 5.92 Å². The zero-order chi connectivity index (χ0) is 14.7. The number of nitrogens with zero attached hydrogens (tertiary/aromatic N) is 2. The summed E-state index contributed by atoms with van der Waals surface area (Å²) >= 11 is 0. The molecule has 0 radical (unpaired) electrons. The molecule has 0 aromatic carbocycles. The number of carbonyl (C=O) groups is 1. The summed E-state index contributed by atoms with van der Waals surface area (Å²) in [5.41, 5.74) is 0.740. The van der Waals surface area contributed by atoms with Crippen LogP contribution in [0.1, 0.15) is 38.2 Å². The van der Waals surface area contributed by atoms with E-state index in [0.717, 1.165) is 51.8 Å². The predicted octanol–water partition coefficient (Wildman–Crippen LogP) is 2.43. The Hall–Kier alpha value is -1.42. The van der Waals surface area contributed by atoms with E-state index < -0.39 is 5.60 Å². The Bertz CT molecular complexity index is 475. The highest BCUT2D eigenvalue weighted by atomic mass is 16.5. The lowest BCUT2D eigenvalue weighted by molar-refractivity contribution is -0.152. The Morgan fingerprint density at radius 3 is 2.90 bits per heavy atom. The van der Waals surface area contributed by atoms with Crippen LogP contribution in [0.15, 0.2) is 24.5 Å². The first kappa shape index (κ1) is 14.5. The normalized spacial score (nSPS) is 27.0. The quantitative estimate of drug-likeness (QED) is 0.858. The van der Waals surface area contributed by atoms with Gasteiger partial charge in [-0.15, -0.1) is 0 Å². The first-order chi connectivity index (χ1) is 10.2. The number of rotatable bonds is 3. The maximum absolute atomic E-state index is 12.6. The van der Waals surface area contributed by atoms with Crippen molar-refractivity contribution in [2.75, 3.05) is 19.7 Å². The summed E-state index contributed by atoms with van der Waals surface area (Å²) < 4.78 is 5.68. The van der Waals surface area contributed by atoms with Crippen LogP contribution in [-0.2, 0) is 16.0 Å². The topological polar surface area (TPSA) is 42.4 Å². The molecule has 0 N–H and O–H groups in total. The smallest absolute Gasteiger partial charge is 0.254 e. The molecule has 0 bridgehead atoms. The first-order valence-corrected chi connectivity index (χ1v) is 8.00. The molecule has 0 saturated carbocycles. The third kappa shape index (κ3) is 3.26. The molecule has 3 heterocycles. The lowest BCUT2D eigenvalue weighted by Crippen LogP contribution is -2.49. The van der Waals surface area contributed by atoms with Gasteiger partial charge >= 0.3 is 0 Å². The number of likely N-dealkylation sites (tertiary alicyclic amines) is 1. The van der Waals surface area contributed by atoms with Crippen LogP contribution in [0.4, 0.5) is 0 Å². The van der Waals surface area contributed by atoms with Crippen LogP contribution in [-0.4, -0.2) is 41.1 Å². The summed E-state index contributed by atoms with van der Waals surface area (Å²) in [6.45, 7) is 4.40. The van der Waals surface area contributed by atoms with E-state index in [1.165, 1.54) is 5.56 Å². The van der Waals surface area contributed by atoms with Crippen LogP contribution in [0.25, 0.3) is 0 Å². The molecule has 2 aliphatic rings. The highest BCUT2D eigenvalue weighted by Gasteiger charge is 2.41. The van der Waals surface area contributed by atoms with Gasteiger partial charge in [0.2, 0.25) is 0 Å². The van der Waals surface area contributed by atoms with Gasteiger partial charge in [-0.1, -0.05) is 6.07 Å². The fourth-order valence-corrected chi connectivity index (χ4v) is 3.47. The van der Waals surface area contributed by atoms with Crippen LogP contribution in [0, 0.1) is 5.92 Å². The van der Waals surface area contributed by atoms with E-state index >= 15 is 0 Å². The Morgan fingerprint density at radius 2 is 2.29 bits per heavy atom. The molecule has 4 heteroatoms. The Balaban J connectivity index is 1.52. The molecule has 114 valence electrons. The number of piperidine rings is 1. The van der Waals surface area contributed by atoms with Crippen molar-refractivity contribution in [1.29, 1.82) is 0 Å². The van der Waals surface area contributed by atoms with E-state index in [9.17, 15) is 4.79 Å². The summed E-state index contributed by atoms with van der Waals surface area (Å²) in [5, 5.41) is 0. The average Bonchev–Trinajstić information content (AvgIpc) is 2.96. The molecule has 1 atom stereocenters. The summed E-state index contributed by atoms with van der Waals surface area (Å²) in [5.74, 6) is 0.857. The standard InChI is InChI=1S/C17H24N2O2/c1-17(7-3-11-21-17)16(20)19-9-5-14(6-10-19)12-15-4-2-8-18-13-15/h2,4,8,13-14H,3,5-7,9-12H2,1H3. The fourth-order valence-electron chi connectivity index (χ4n) is 3.47. The highest BCUT2D eigenvalue weighted by Crippen LogP contribution is 2.30. The Morgan fingerprint density at radius 1 is 1.48 bits per heavy atom. The Kier molecular flexibility index (Phi) is 4.24. The molecule has 0 spiro atoms. The van der Waals surface area contributed by atoms with Gasteiger partial charge in [0.15, 0.2) is 0 Å². The fraction of sp³-hybridized carbons (Fsp3) is 0.647. The molecule has 4 nitrogen and oxygen atoms in total. The van der Waals surface area contributed by atoms with Crippen molar-refractivity contribution in [1.82, 2.24) is 9.88 Å². The zero-order valence-corrected chi connectivity index (χ0v) is 12.8. The summed E-state index contributed by atoms with van der Waals surface area (Å²) in [6, 6.07) is 4.13. The molecule has 2 aliphatic heterocycles. The molecule has 2 fully saturated rings. The maximum Gasteiger partial charge on any atom is 0.254 e. The third-order valence-corrected chi connectivity index (χ3v) is 4.82. The number of ether oxygens (including phenoxy) is 1. The molecular formula is C17H24N2O2. The molecule has 1 aromatic heterocycles.